The lowest BCUT2D eigenvalue weighted by Crippen LogP contribution is -2.59. The standard InChI is InChI=1S/C14H16N2O4/c1-9-13(18)15-11(17)8-16(9)14(19)12(20-2)10-6-4-3-5-7-10/h3-7,9,12H,8H2,1-2H3,(H,15,17,18). The number of amides is 3. The maximum Gasteiger partial charge on any atom is 0.257 e. The zero-order chi connectivity index (χ0) is 14.7. The average Bonchev–Trinajstić information content (AvgIpc) is 2.44. The molecule has 0 aliphatic carbocycles. The third kappa shape index (κ3) is 2.70. The molecule has 2 rings (SSSR count). The minimum Gasteiger partial charge on any atom is -0.367 e. The van der Waals surface area contributed by atoms with Crippen molar-refractivity contribution in [3.8, 4) is 0 Å². The van der Waals surface area contributed by atoms with E-state index < -0.39 is 29.9 Å². The fourth-order valence-electron chi connectivity index (χ4n) is 2.14. The number of piperazine rings is 1. The Hall–Kier alpha value is -2.21. The van der Waals surface area contributed by atoms with Crippen molar-refractivity contribution < 1.29 is 19.1 Å². The molecule has 1 heterocycles. The van der Waals surface area contributed by atoms with Crippen molar-refractivity contribution in [1.29, 1.82) is 0 Å². The van der Waals surface area contributed by atoms with Crippen LogP contribution in [0.5, 0.6) is 0 Å². The van der Waals surface area contributed by atoms with Gasteiger partial charge in [-0.3, -0.25) is 19.7 Å². The predicted molar refractivity (Wildman–Crippen MR) is 70.5 cm³/mol. The highest BCUT2D eigenvalue weighted by molar-refractivity contribution is 6.04. The van der Waals surface area contributed by atoms with Crippen LogP contribution in [0.1, 0.15) is 18.6 Å². The molecule has 1 saturated heterocycles. The molecule has 6 heteroatoms. The van der Waals surface area contributed by atoms with Crippen molar-refractivity contribution in [1.82, 2.24) is 10.2 Å². The van der Waals surface area contributed by atoms with Gasteiger partial charge in [-0.05, 0) is 12.5 Å². The topological polar surface area (TPSA) is 75.7 Å². The molecule has 0 radical (unpaired) electrons. The van der Waals surface area contributed by atoms with Crippen LogP contribution in [-0.4, -0.2) is 42.3 Å². The molecule has 2 atom stereocenters. The first-order valence-corrected chi connectivity index (χ1v) is 6.26. The van der Waals surface area contributed by atoms with E-state index in [1.54, 1.807) is 31.2 Å². The monoisotopic (exact) mass is 276 g/mol. The summed E-state index contributed by atoms with van der Waals surface area (Å²) in [6.07, 6.45) is -0.822. The highest BCUT2D eigenvalue weighted by Crippen LogP contribution is 2.21. The number of carbonyl (C=O) groups is 3. The first-order chi connectivity index (χ1) is 9.54. The van der Waals surface area contributed by atoms with Gasteiger partial charge in [-0.25, -0.2) is 0 Å². The van der Waals surface area contributed by atoms with Gasteiger partial charge in [0.15, 0.2) is 6.10 Å². The van der Waals surface area contributed by atoms with E-state index in [9.17, 15) is 14.4 Å². The van der Waals surface area contributed by atoms with E-state index in [-0.39, 0.29) is 6.54 Å². The van der Waals surface area contributed by atoms with Gasteiger partial charge in [0, 0.05) is 7.11 Å². The normalized spacial score (nSPS) is 20.5. The molecule has 1 aliphatic rings. The van der Waals surface area contributed by atoms with Crippen LogP contribution in [0.25, 0.3) is 0 Å². The van der Waals surface area contributed by atoms with Crippen molar-refractivity contribution in [2.45, 2.75) is 19.1 Å². The summed E-state index contributed by atoms with van der Waals surface area (Å²) in [6.45, 7) is 1.44. The fourth-order valence-corrected chi connectivity index (χ4v) is 2.14. The molecule has 20 heavy (non-hydrogen) atoms. The fraction of sp³-hybridized carbons (Fsp3) is 0.357. The third-order valence-corrected chi connectivity index (χ3v) is 3.27. The van der Waals surface area contributed by atoms with Crippen LogP contribution in [0.4, 0.5) is 0 Å². The molecule has 0 spiro atoms. The lowest BCUT2D eigenvalue weighted by atomic mass is 10.1. The van der Waals surface area contributed by atoms with Crippen LogP contribution in [0.3, 0.4) is 0 Å². The number of hydrogen-bond donors (Lipinski definition) is 1. The second-order valence-corrected chi connectivity index (χ2v) is 4.58. The molecule has 6 nitrogen and oxygen atoms in total. The van der Waals surface area contributed by atoms with E-state index in [0.717, 1.165) is 0 Å². The third-order valence-electron chi connectivity index (χ3n) is 3.27. The van der Waals surface area contributed by atoms with Gasteiger partial charge in [-0.15, -0.1) is 0 Å². The van der Waals surface area contributed by atoms with Gasteiger partial charge in [0.25, 0.3) is 5.91 Å². The molecule has 3 amide bonds. The number of imide groups is 1. The number of nitrogens with zero attached hydrogens (tertiary/aromatic N) is 1. The predicted octanol–water partition coefficient (Wildman–Crippen LogP) is 0.248. The molecule has 1 aromatic carbocycles. The SMILES string of the molecule is COC(C(=O)N1CC(=O)NC(=O)C1C)c1ccccc1. The van der Waals surface area contributed by atoms with Crippen molar-refractivity contribution in [3.63, 3.8) is 0 Å². The Balaban J connectivity index is 2.24. The van der Waals surface area contributed by atoms with E-state index in [1.807, 2.05) is 6.07 Å². The van der Waals surface area contributed by atoms with Crippen LogP contribution in [0.2, 0.25) is 0 Å². The first-order valence-electron chi connectivity index (χ1n) is 6.26. The Morgan fingerprint density at radius 3 is 2.60 bits per heavy atom. The summed E-state index contributed by atoms with van der Waals surface area (Å²) < 4.78 is 5.24. The Bertz CT molecular complexity index is 529. The van der Waals surface area contributed by atoms with Gasteiger partial charge in [-0.1, -0.05) is 30.3 Å². The Labute approximate surface area is 116 Å². The number of hydrogen-bond acceptors (Lipinski definition) is 4. The molecule has 2 unspecified atom stereocenters. The summed E-state index contributed by atoms with van der Waals surface area (Å²) in [5.41, 5.74) is 0.686. The maximum atomic E-state index is 12.5. The maximum absolute atomic E-state index is 12.5. The molecular weight excluding hydrogens is 260 g/mol. The van der Waals surface area contributed by atoms with Crippen molar-refractivity contribution in [3.05, 3.63) is 35.9 Å². The zero-order valence-electron chi connectivity index (χ0n) is 11.3. The van der Waals surface area contributed by atoms with Crippen molar-refractivity contribution in [2.24, 2.45) is 0 Å². The van der Waals surface area contributed by atoms with Gasteiger partial charge in [-0.2, -0.15) is 0 Å². The zero-order valence-corrected chi connectivity index (χ0v) is 11.3. The van der Waals surface area contributed by atoms with E-state index in [4.69, 9.17) is 4.74 Å². The molecule has 0 saturated carbocycles. The van der Waals surface area contributed by atoms with Crippen LogP contribution < -0.4 is 5.32 Å². The molecule has 1 N–H and O–H groups in total. The summed E-state index contributed by atoms with van der Waals surface area (Å²) in [7, 11) is 1.42. The lowest BCUT2D eigenvalue weighted by molar-refractivity contribution is -0.155. The van der Waals surface area contributed by atoms with E-state index in [0.29, 0.717) is 5.56 Å². The van der Waals surface area contributed by atoms with Crippen LogP contribution in [-0.2, 0) is 19.1 Å². The molecular formula is C14H16N2O4. The average molecular weight is 276 g/mol. The number of nitrogens with one attached hydrogen (secondary N) is 1. The van der Waals surface area contributed by atoms with Gasteiger partial charge >= 0.3 is 0 Å². The van der Waals surface area contributed by atoms with Crippen LogP contribution in [0.15, 0.2) is 30.3 Å². The molecule has 0 bridgehead atoms. The van der Waals surface area contributed by atoms with E-state index >= 15 is 0 Å². The van der Waals surface area contributed by atoms with E-state index in [2.05, 4.69) is 5.32 Å². The Morgan fingerprint density at radius 2 is 2.00 bits per heavy atom. The summed E-state index contributed by atoms with van der Waals surface area (Å²) in [5.74, 6) is -1.35. The summed E-state index contributed by atoms with van der Waals surface area (Å²) in [4.78, 5) is 36.8. The molecule has 106 valence electrons. The minimum absolute atomic E-state index is 0.140. The Morgan fingerprint density at radius 1 is 1.35 bits per heavy atom. The molecule has 1 fully saturated rings. The highest BCUT2D eigenvalue weighted by atomic mass is 16.5. The van der Waals surface area contributed by atoms with Gasteiger partial charge in [0.05, 0.1) is 0 Å². The largest absolute Gasteiger partial charge is 0.367 e. The summed E-state index contributed by atoms with van der Waals surface area (Å²) in [5, 5.41) is 2.20. The summed E-state index contributed by atoms with van der Waals surface area (Å²) >= 11 is 0. The quantitative estimate of drug-likeness (QED) is 0.803. The van der Waals surface area contributed by atoms with Crippen molar-refractivity contribution >= 4 is 17.7 Å². The van der Waals surface area contributed by atoms with Gasteiger partial charge in [0.2, 0.25) is 11.8 Å². The highest BCUT2D eigenvalue weighted by Gasteiger charge is 2.37. The second kappa shape index (κ2) is 5.83. The molecule has 1 aliphatic heterocycles. The lowest BCUT2D eigenvalue weighted by Gasteiger charge is -2.33. The molecule has 1 aromatic rings. The van der Waals surface area contributed by atoms with Crippen LogP contribution >= 0.6 is 0 Å². The number of rotatable bonds is 3. The first kappa shape index (κ1) is 14.2. The van der Waals surface area contributed by atoms with Crippen LogP contribution in [0, 0.1) is 0 Å². The second-order valence-electron chi connectivity index (χ2n) is 4.58. The van der Waals surface area contributed by atoms with Crippen molar-refractivity contribution in [2.75, 3.05) is 13.7 Å². The number of ether oxygens (including phenoxy) is 1. The number of benzene rings is 1. The number of methoxy groups -OCH3 is 1. The van der Waals surface area contributed by atoms with Gasteiger partial charge in [0.1, 0.15) is 12.6 Å². The number of carbonyl (C=O) groups excluding carboxylic acids is 3. The summed E-state index contributed by atoms with van der Waals surface area (Å²) in [6, 6.07) is 8.27. The van der Waals surface area contributed by atoms with E-state index in [1.165, 1.54) is 12.0 Å². The minimum atomic E-state index is -0.822. The van der Waals surface area contributed by atoms with Gasteiger partial charge < -0.3 is 9.64 Å². The Kier molecular flexibility index (Phi) is 4.14. The smallest absolute Gasteiger partial charge is 0.257 e. The molecule has 0 aromatic heterocycles.